The van der Waals surface area contributed by atoms with Gasteiger partial charge in [-0.1, -0.05) is 45.4 Å². The van der Waals surface area contributed by atoms with Gasteiger partial charge in [0.1, 0.15) is 0 Å². The molecule has 4 nitrogen and oxygen atoms in total. The molecule has 18 heavy (non-hydrogen) atoms. The Hall–Kier alpha value is -0.130. The number of hydrogen-bond donors (Lipinski definition) is 1. The van der Waals surface area contributed by atoms with Crippen molar-refractivity contribution in [3.05, 3.63) is 0 Å². The van der Waals surface area contributed by atoms with E-state index in [9.17, 15) is 8.42 Å². The van der Waals surface area contributed by atoms with Crippen LogP contribution < -0.4 is 5.73 Å². The van der Waals surface area contributed by atoms with E-state index in [0.717, 1.165) is 38.0 Å². The quantitative estimate of drug-likeness (QED) is 0.440. The first-order valence-electron chi connectivity index (χ1n) is 7.04. The van der Waals surface area contributed by atoms with Gasteiger partial charge in [-0.3, -0.25) is 4.18 Å². The summed E-state index contributed by atoms with van der Waals surface area (Å²) in [6.07, 6.45) is 10.2. The zero-order valence-corrected chi connectivity index (χ0v) is 12.7. The summed E-state index contributed by atoms with van der Waals surface area (Å²) in [5, 5.41) is 0. The molecule has 0 rings (SSSR count). The standard InChI is InChI=1S/C13H29NO3S/c1-3-13(9-5-4-7-11-14)10-6-8-12-17-18(2,15)16/h13H,3-12,14H2,1-2H3. The van der Waals surface area contributed by atoms with Crippen molar-refractivity contribution in [3.8, 4) is 0 Å². The highest BCUT2D eigenvalue weighted by atomic mass is 32.2. The molecule has 0 aliphatic carbocycles. The lowest BCUT2D eigenvalue weighted by Crippen LogP contribution is -2.05. The SMILES string of the molecule is CCC(CCCCCN)CCCCOS(C)(=O)=O. The van der Waals surface area contributed by atoms with Gasteiger partial charge in [0.05, 0.1) is 12.9 Å². The Morgan fingerprint density at radius 1 is 1.06 bits per heavy atom. The molecular weight excluding hydrogens is 250 g/mol. The molecule has 0 saturated heterocycles. The monoisotopic (exact) mass is 279 g/mol. The van der Waals surface area contributed by atoms with Crippen LogP contribution in [0.5, 0.6) is 0 Å². The average Bonchev–Trinajstić information content (AvgIpc) is 2.30. The predicted octanol–water partition coefficient (Wildman–Crippen LogP) is 2.68. The highest BCUT2D eigenvalue weighted by molar-refractivity contribution is 7.85. The Morgan fingerprint density at radius 2 is 1.67 bits per heavy atom. The highest BCUT2D eigenvalue weighted by Crippen LogP contribution is 2.19. The van der Waals surface area contributed by atoms with E-state index in [1.54, 1.807) is 0 Å². The summed E-state index contributed by atoms with van der Waals surface area (Å²) in [5.74, 6) is 0.765. The van der Waals surface area contributed by atoms with E-state index in [1.165, 1.54) is 32.1 Å². The first kappa shape index (κ1) is 17.9. The van der Waals surface area contributed by atoms with Crippen molar-refractivity contribution in [2.45, 2.75) is 58.3 Å². The van der Waals surface area contributed by atoms with E-state index in [-0.39, 0.29) is 0 Å². The molecule has 0 spiro atoms. The zero-order valence-electron chi connectivity index (χ0n) is 11.9. The molecular formula is C13H29NO3S. The van der Waals surface area contributed by atoms with E-state index in [4.69, 9.17) is 9.92 Å². The summed E-state index contributed by atoms with van der Waals surface area (Å²) in [6.45, 7) is 3.34. The lowest BCUT2D eigenvalue weighted by Gasteiger charge is -2.14. The normalized spacial score (nSPS) is 13.7. The molecule has 1 atom stereocenters. The molecule has 110 valence electrons. The van der Waals surface area contributed by atoms with Gasteiger partial charge < -0.3 is 5.73 Å². The second-order valence-corrected chi connectivity index (χ2v) is 6.58. The first-order chi connectivity index (χ1) is 8.49. The molecule has 5 heteroatoms. The van der Waals surface area contributed by atoms with Crippen molar-refractivity contribution in [2.24, 2.45) is 11.7 Å². The summed E-state index contributed by atoms with van der Waals surface area (Å²) < 4.78 is 26.2. The Bertz CT molecular complexity index is 278. The summed E-state index contributed by atoms with van der Waals surface area (Å²) in [4.78, 5) is 0. The van der Waals surface area contributed by atoms with Crippen LogP contribution in [0.15, 0.2) is 0 Å². The molecule has 0 aromatic heterocycles. The number of hydrogen-bond acceptors (Lipinski definition) is 4. The third-order valence-corrected chi connectivity index (χ3v) is 3.79. The lowest BCUT2D eigenvalue weighted by atomic mass is 9.93. The second-order valence-electron chi connectivity index (χ2n) is 4.93. The molecule has 1 unspecified atom stereocenters. The maximum Gasteiger partial charge on any atom is 0.264 e. The van der Waals surface area contributed by atoms with Crippen LogP contribution in [0.2, 0.25) is 0 Å². The van der Waals surface area contributed by atoms with Crippen molar-refractivity contribution in [3.63, 3.8) is 0 Å². The minimum Gasteiger partial charge on any atom is -0.330 e. The first-order valence-corrected chi connectivity index (χ1v) is 8.85. The molecule has 0 bridgehead atoms. The summed E-state index contributed by atoms with van der Waals surface area (Å²) >= 11 is 0. The minimum atomic E-state index is -3.26. The molecule has 0 aromatic rings. The average molecular weight is 279 g/mol. The maximum atomic E-state index is 10.8. The van der Waals surface area contributed by atoms with Crippen molar-refractivity contribution in [1.29, 1.82) is 0 Å². The van der Waals surface area contributed by atoms with Gasteiger partial charge in [-0.2, -0.15) is 8.42 Å². The van der Waals surface area contributed by atoms with Crippen LogP contribution in [-0.4, -0.2) is 27.8 Å². The number of nitrogens with two attached hydrogens (primary N) is 1. The van der Waals surface area contributed by atoms with Gasteiger partial charge in [0, 0.05) is 0 Å². The molecule has 0 radical (unpaired) electrons. The Kier molecular flexibility index (Phi) is 10.7. The van der Waals surface area contributed by atoms with Crippen LogP contribution in [0.3, 0.4) is 0 Å². The maximum absolute atomic E-state index is 10.8. The molecule has 0 amide bonds. The Labute approximate surface area is 112 Å². The molecule has 0 aliphatic heterocycles. The van der Waals surface area contributed by atoms with Crippen LogP contribution in [0, 0.1) is 5.92 Å². The van der Waals surface area contributed by atoms with Gasteiger partial charge in [-0.05, 0) is 25.3 Å². The predicted molar refractivity (Wildman–Crippen MR) is 76.0 cm³/mol. The van der Waals surface area contributed by atoms with Gasteiger partial charge in [-0.25, -0.2) is 0 Å². The number of unbranched alkanes of at least 4 members (excludes halogenated alkanes) is 3. The molecule has 0 heterocycles. The molecule has 0 fully saturated rings. The van der Waals surface area contributed by atoms with E-state index < -0.39 is 10.1 Å². The second kappa shape index (κ2) is 10.8. The summed E-state index contributed by atoms with van der Waals surface area (Å²) in [6, 6.07) is 0. The fourth-order valence-corrected chi connectivity index (χ4v) is 2.47. The highest BCUT2D eigenvalue weighted by Gasteiger charge is 2.06. The van der Waals surface area contributed by atoms with Gasteiger partial charge in [0.2, 0.25) is 0 Å². The fraction of sp³-hybridized carbons (Fsp3) is 1.00. The number of rotatable bonds is 12. The van der Waals surface area contributed by atoms with Crippen LogP contribution in [0.4, 0.5) is 0 Å². The summed E-state index contributed by atoms with van der Waals surface area (Å²) in [7, 11) is -3.26. The third-order valence-electron chi connectivity index (χ3n) is 3.20. The lowest BCUT2D eigenvalue weighted by molar-refractivity contribution is 0.300. The van der Waals surface area contributed by atoms with Crippen molar-refractivity contribution in [2.75, 3.05) is 19.4 Å². The third kappa shape index (κ3) is 12.3. The Balaban J connectivity index is 3.49. The van der Waals surface area contributed by atoms with E-state index in [1.807, 2.05) is 0 Å². The minimum absolute atomic E-state index is 0.322. The smallest absolute Gasteiger partial charge is 0.264 e. The van der Waals surface area contributed by atoms with Gasteiger partial charge in [0.25, 0.3) is 10.1 Å². The van der Waals surface area contributed by atoms with Crippen LogP contribution in [-0.2, 0) is 14.3 Å². The molecule has 0 aromatic carbocycles. The Morgan fingerprint density at radius 3 is 2.17 bits per heavy atom. The fourth-order valence-electron chi connectivity index (χ4n) is 2.05. The van der Waals surface area contributed by atoms with Gasteiger partial charge >= 0.3 is 0 Å². The van der Waals surface area contributed by atoms with Crippen molar-refractivity contribution < 1.29 is 12.6 Å². The largest absolute Gasteiger partial charge is 0.330 e. The zero-order chi connectivity index (χ0) is 13.9. The van der Waals surface area contributed by atoms with E-state index >= 15 is 0 Å². The van der Waals surface area contributed by atoms with E-state index in [2.05, 4.69) is 6.92 Å². The molecule has 0 saturated carbocycles. The van der Waals surface area contributed by atoms with Crippen molar-refractivity contribution >= 4 is 10.1 Å². The topological polar surface area (TPSA) is 69.4 Å². The molecule has 2 N–H and O–H groups in total. The van der Waals surface area contributed by atoms with E-state index in [0.29, 0.717) is 6.61 Å². The van der Waals surface area contributed by atoms with Gasteiger partial charge in [0.15, 0.2) is 0 Å². The molecule has 0 aliphatic rings. The van der Waals surface area contributed by atoms with Crippen LogP contribution >= 0.6 is 0 Å². The van der Waals surface area contributed by atoms with Crippen molar-refractivity contribution in [1.82, 2.24) is 0 Å². The van der Waals surface area contributed by atoms with Crippen LogP contribution in [0.1, 0.15) is 58.3 Å². The van der Waals surface area contributed by atoms with Gasteiger partial charge in [-0.15, -0.1) is 0 Å². The summed E-state index contributed by atoms with van der Waals surface area (Å²) in [5.41, 5.74) is 5.46. The van der Waals surface area contributed by atoms with Crippen LogP contribution in [0.25, 0.3) is 0 Å².